The maximum absolute atomic E-state index is 11.6. The Kier molecular flexibility index (Phi) is 6.46. The third-order valence-electron chi connectivity index (χ3n) is 4.99. The number of nitrogens with zero attached hydrogens (tertiary/aromatic N) is 2. The van der Waals surface area contributed by atoms with Crippen molar-refractivity contribution in [2.24, 2.45) is 5.92 Å². The fourth-order valence-corrected chi connectivity index (χ4v) is 3.33. The van der Waals surface area contributed by atoms with Gasteiger partial charge in [-0.3, -0.25) is 4.79 Å². The quantitative estimate of drug-likeness (QED) is 0.875. The molecule has 0 spiro atoms. The van der Waals surface area contributed by atoms with Crippen LogP contribution in [-0.2, 0) is 11.3 Å². The summed E-state index contributed by atoms with van der Waals surface area (Å²) in [7, 11) is 2.20. The van der Waals surface area contributed by atoms with Crippen LogP contribution in [0.2, 0.25) is 0 Å². The Morgan fingerprint density at radius 3 is 2.70 bits per heavy atom. The van der Waals surface area contributed by atoms with E-state index in [-0.39, 0.29) is 5.91 Å². The van der Waals surface area contributed by atoms with E-state index in [0.717, 1.165) is 18.2 Å². The smallest absolute Gasteiger partial charge is 0.219 e. The van der Waals surface area contributed by atoms with E-state index in [1.165, 1.54) is 31.5 Å². The molecule has 4 heteroatoms. The molecule has 0 saturated carbocycles. The predicted octanol–water partition coefficient (Wildman–Crippen LogP) is 3.20. The van der Waals surface area contributed by atoms with Gasteiger partial charge in [-0.25, -0.2) is 0 Å². The normalized spacial score (nSPS) is 17.7. The lowest BCUT2D eigenvalue weighted by Gasteiger charge is -2.33. The standard InChI is InChI=1S/C19H31N3O/c1-5-22(16(3)23)14-17-7-6-8-19(13-17)20-15(2)18-9-11-21(4)12-10-18/h6-8,13,15,18,20H,5,9-12,14H2,1-4H3/t15-/m0/s1. The highest BCUT2D eigenvalue weighted by Gasteiger charge is 2.22. The number of rotatable bonds is 6. The topological polar surface area (TPSA) is 35.6 Å². The van der Waals surface area contributed by atoms with Crippen molar-refractivity contribution >= 4 is 11.6 Å². The molecular formula is C19H31N3O. The van der Waals surface area contributed by atoms with Gasteiger partial charge in [0.1, 0.15) is 0 Å². The van der Waals surface area contributed by atoms with Gasteiger partial charge in [0, 0.05) is 31.7 Å². The Labute approximate surface area is 140 Å². The molecule has 4 nitrogen and oxygen atoms in total. The lowest BCUT2D eigenvalue weighted by atomic mass is 9.90. The van der Waals surface area contributed by atoms with Gasteiger partial charge in [-0.2, -0.15) is 0 Å². The Bertz CT molecular complexity index is 509. The van der Waals surface area contributed by atoms with Gasteiger partial charge in [0.05, 0.1) is 0 Å². The molecular weight excluding hydrogens is 286 g/mol. The second kappa shape index (κ2) is 8.34. The van der Waals surface area contributed by atoms with E-state index in [1.807, 2.05) is 11.8 Å². The Morgan fingerprint density at radius 1 is 1.39 bits per heavy atom. The largest absolute Gasteiger partial charge is 0.382 e. The number of carbonyl (C=O) groups excluding carboxylic acids is 1. The van der Waals surface area contributed by atoms with Crippen molar-refractivity contribution in [1.29, 1.82) is 0 Å². The van der Waals surface area contributed by atoms with Crippen LogP contribution in [0, 0.1) is 5.92 Å². The van der Waals surface area contributed by atoms with E-state index in [4.69, 9.17) is 0 Å². The molecule has 128 valence electrons. The highest BCUT2D eigenvalue weighted by Crippen LogP contribution is 2.23. The summed E-state index contributed by atoms with van der Waals surface area (Å²) in [5.74, 6) is 0.866. The van der Waals surface area contributed by atoms with Crippen molar-refractivity contribution in [3.05, 3.63) is 29.8 Å². The fraction of sp³-hybridized carbons (Fsp3) is 0.632. The number of hydrogen-bond acceptors (Lipinski definition) is 3. The summed E-state index contributed by atoms with van der Waals surface area (Å²) in [6.45, 7) is 9.76. The minimum atomic E-state index is 0.130. The number of hydrogen-bond donors (Lipinski definition) is 1. The van der Waals surface area contributed by atoms with Crippen molar-refractivity contribution in [2.45, 2.75) is 46.2 Å². The number of benzene rings is 1. The van der Waals surface area contributed by atoms with Gasteiger partial charge in [0.2, 0.25) is 5.91 Å². The third kappa shape index (κ3) is 5.24. The maximum Gasteiger partial charge on any atom is 0.219 e. The van der Waals surface area contributed by atoms with Gasteiger partial charge >= 0.3 is 0 Å². The second-order valence-corrected chi connectivity index (χ2v) is 6.81. The van der Waals surface area contributed by atoms with Gasteiger partial charge in [0.15, 0.2) is 0 Å². The summed E-state index contributed by atoms with van der Waals surface area (Å²) in [6, 6.07) is 8.95. The molecule has 23 heavy (non-hydrogen) atoms. The zero-order chi connectivity index (χ0) is 16.8. The first-order valence-corrected chi connectivity index (χ1v) is 8.79. The first-order chi connectivity index (χ1) is 11.0. The van der Waals surface area contributed by atoms with E-state index in [0.29, 0.717) is 12.6 Å². The van der Waals surface area contributed by atoms with Crippen LogP contribution in [-0.4, -0.2) is 48.4 Å². The molecule has 1 aromatic carbocycles. The van der Waals surface area contributed by atoms with Crippen molar-refractivity contribution in [3.63, 3.8) is 0 Å². The number of piperidine rings is 1. The van der Waals surface area contributed by atoms with Gasteiger partial charge in [-0.15, -0.1) is 0 Å². The van der Waals surface area contributed by atoms with Gasteiger partial charge < -0.3 is 15.1 Å². The first kappa shape index (κ1) is 17.8. The number of carbonyl (C=O) groups is 1. The van der Waals surface area contributed by atoms with Crippen molar-refractivity contribution < 1.29 is 4.79 Å². The van der Waals surface area contributed by atoms with E-state index in [2.05, 4.69) is 48.5 Å². The van der Waals surface area contributed by atoms with Crippen molar-refractivity contribution in [2.75, 3.05) is 32.0 Å². The van der Waals surface area contributed by atoms with Crippen LogP contribution in [0.15, 0.2) is 24.3 Å². The van der Waals surface area contributed by atoms with Gasteiger partial charge in [-0.1, -0.05) is 12.1 Å². The summed E-state index contributed by atoms with van der Waals surface area (Å²) in [4.78, 5) is 15.8. The lowest BCUT2D eigenvalue weighted by molar-refractivity contribution is -0.129. The molecule has 1 saturated heterocycles. The van der Waals surface area contributed by atoms with E-state index in [9.17, 15) is 4.79 Å². The number of likely N-dealkylation sites (tertiary alicyclic amines) is 1. The molecule has 1 aromatic rings. The fourth-order valence-electron chi connectivity index (χ4n) is 3.33. The van der Waals surface area contributed by atoms with Crippen LogP contribution in [0.4, 0.5) is 5.69 Å². The Hall–Kier alpha value is -1.55. The van der Waals surface area contributed by atoms with E-state index < -0.39 is 0 Å². The van der Waals surface area contributed by atoms with E-state index in [1.54, 1.807) is 6.92 Å². The monoisotopic (exact) mass is 317 g/mol. The van der Waals surface area contributed by atoms with Crippen LogP contribution in [0.5, 0.6) is 0 Å². The minimum Gasteiger partial charge on any atom is -0.382 e. The van der Waals surface area contributed by atoms with Gasteiger partial charge in [-0.05, 0) is 70.4 Å². The summed E-state index contributed by atoms with van der Waals surface area (Å²) >= 11 is 0. The number of anilines is 1. The number of amides is 1. The highest BCUT2D eigenvalue weighted by atomic mass is 16.2. The van der Waals surface area contributed by atoms with E-state index >= 15 is 0 Å². The predicted molar refractivity (Wildman–Crippen MR) is 96.5 cm³/mol. The average Bonchev–Trinajstić information content (AvgIpc) is 2.53. The molecule has 0 radical (unpaired) electrons. The van der Waals surface area contributed by atoms with Crippen LogP contribution >= 0.6 is 0 Å². The molecule has 2 rings (SSSR count). The molecule has 0 unspecified atom stereocenters. The summed E-state index contributed by atoms with van der Waals surface area (Å²) in [5.41, 5.74) is 2.34. The maximum atomic E-state index is 11.6. The van der Waals surface area contributed by atoms with Crippen molar-refractivity contribution in [1.82, 2.24) is 9.80 Å². The SMILES string of the molecule is CCN(Cc1cccc(N[C@@H](C)C2CCN(C)CC2)c1)C(C)=O. The summed E-state index contributed by atoms with van der Waals surface area (Å²) in [5, 5.41) is 3.67. The molecule has 1 N–H and O–H groups in total. The van der Waals surface area contributed by atoms with Crippen LogP contribution in [0.25, 0.3) is 0 Å². The molecule has 1 heterocycles. The van der Waals surface area contributed by atoms with Crippen molar-refractivity contribution in [3.8, 4) is 0 Å². The molecule has 0 aliphatic carbocycles. The molecule has 1 atom stereocenters. The van der Waals surface area contributed by atoms with Crippen LogP contribution < -0.4 is 5.32 Å². The minimum absolute atomic E-state index is 0.130. The number of nitrogens with one attached hydrogen (secondary N) is 1. The molecule has 0 aromatic heterocycles. The molecule has 1 aliphatic heterocycles. The Morgan fingerprint density at radius 2 is 2.09 bits per heavy atom. The lowest BCUT2D eigenvalue weighted by Crippen LogP contribution is -2.37. The van der Waals surface area contributed by atoms with Crippen LogP contribution in [0.3, 0.4) is 0 Å². The first-order valence-electron chi connectivity index (χ1n) is 8.79. The average molecular weight is 317 g/mol. The molecule has 1 aliphatic rings. The molecule has 1 amide bonds. The van der Waals surface area contributed by atoms with Crippen LogP contribution in [0.1, 0.15) is 39.2 Å². The Balaban J connectivity index is 1.95. The zero-order valence-electron chi connectivity index (χ0n) is 15.0. The summed E-state index contributed by atoms with van der Waals surface area (Å²) in [6.07, 6.45) is 2.52. The zero-order valence-corrected chi connectivity index (χ0v) is 15.0. The third-order valence-corrected chi connectivity index (χ3v) is 4.99. The molecule has 1 fully saturated rings. The second-order valence-electron chi connectivity index (χ2n) is 6.81. The summed E-state index contributed by atoms with van der Waals surface area (Å²) < 4.78 is 0. The highest BCUT2D eigenvalue weighted by molar-refractivity contribution is 5.73. The van der Waals surface area contributed by atoms with Gasteiger partial charge in [0.25, 0.3) is 0 Å². The molecule has 0 bridgehead atoms.